The van der Waals surface area contributed by atoms with Crippen molar-refractivity contribution < 1.29 is 14.4 Å². The summed E-state index contributed by atoms with van der Waals surface area (Å²) in [5.41, 5.74) is 0.799. The van der Waals surface area contributed by atoms with Gasteiger partial charge in [-0.1, -0.05) is 37.6 Å². The topological polar surface area (TPSA) is 66.5 Å². The largest absolute Gasteiger partial charge is 0.354 e. The first kappa shape index (κ1) is 17.6. The molecule has 0 aliphatic carbocycles. The Hall–Kier alpha value is -1.79. The van der Waals surface area contributed by atoms with Crippen LogP contribution in [0.3, 0.4) is 0 Å². The van der Waals surface area contributed by atoms with Crippen molar-refractivity contribution in [1.82, 2.24) is 10.2 Å². The van der Waals surface area contributed by atoms with Crippen molar-refractivity contribution in [3.63, 3.8) is 0 Å². The third-order valence-corrected chi connectivity index (χ3v) is 4.36. The third kappa shape index (κ3) is 4.59. The van der Waals surface area contributed by atoms with Crippen molar-refractivity contribution in [2.75, 3.05) is 13.1 Å². The van der Waals surface area contributed by atoms with E-state index in [1.807, 2.05) is 0 Å². The van der Waals surface area contributed by atoms with Gasteiger partial charge in [0, 0.05) is 24.0 Å². The zero-order valence-electron chi connectivity index (χ0n) is 12.8. The normalized spacial score (nSPS) is 16.5. The van der Waals surface area contributed by atoms with Crippen LogP contribution in [0, 0.1) is 5.92 Å². The van der Waals surface area contributed by atoms with E-state index in [2.05, 4.69) is 5.32 Å². The van der Waals surface area contributed by atoms with Gasteiger partial charge in [0.25, 0.3) is 11.1 Å². The van der Waals surface area contributed by atoms with Gasteiger partial charge in [-0.3, -0.25) is 19.3 Å². The number of hydrogen-bond acceptors (Lipinski definition) is 4. The average Bonchev–Trinajstić information content (AvgIpc) is 2.76. The van der Waals surface area contributed by atoms with Gasteiger partial charge in [0.15, 0.2) is 0 Å². The van der Waals surface area contributed by atoms with E-state index >= 15 is 0 Å². The van der Waals surface area contributed by atoms with Crippen LogP contribution in [0.1, 0.15) is 19.4 Å². The predicted molar refractivity (Wildman–Crippen MR) is 92.0 cm³/mol. The summed E-state index contributed by atoms with van der Waals surface area (Å²) in [5.74, 6) is -0.572. The molecular weight excluding hydrogens is 336 g/mol. The summed E-state index contributed by atoms with van der Waals surface area (Å²) >= 11 is 6.72. The minimum absolute atomic E-state index is 0.103. The number of rotatable bonds is 5. The Morgan fingerprint density at radius 2 is 1.96 bits per heavy atom. The molecule has 1 aromatic carbocycles. The molecule has 0 unspecified atom stereocenters. The van der Waals surface area contributed by atoms with Gasteiger partial charge in [-0.2, -0.15) is 0 Å². The number of carbonyl (C=O) groups is 3. The maximum Gasteiger partial charge on any atom is 0.293 e. The molecule has 0 atom stereocenters. The Labute approximate surface area is 144 Å². The molecule has 0 aromatic heterocycles. The van der Waals surface area contributed by atoms with Crippen LogP contribution in [-0.4, -0.2) is 35.0 Å². The minimum Gasteiger partial charge on any atom is -0.354 e. The molecule has 2 rings (SSSR count). The van der Waals surface area contributed by atoms with Gasteiger partial charge in [-0.25, -0.2) is 0 Å². The van der Waals surface area contributed by atoms with E-state index in [4.69, 9.17) is 11.6 Å². The molecule has 1 saturated heterocycles. The average molecular weight is 353 g/mol. The lowest BCUT2D eigenvalue weighted by molar-refractivity contribution is -0.125. The molecule has 1 heterocycles. The first-order chi connectivity index (χ1) is 10.9. The number of nitrogens with zero attached hydrogens (tertiary/aromatic N) is 1. The molecule has 23 heavy (non-hydrogen) atoms. The molecule has 1 fully saturated rings. The van der Waals surface area contributed by atoms with Crippen LogP contribution in [0.4, 0.5) is 4.79 Å². The Kier molecular flexibility index (Phi) is 5.85. The van der Waals surface area contributed by atoms with Gasteiger partial charge >= 0.3 is 0 Å². The minimum atomic E-state index is -0.339. The fourth-order valence-electron chi connectivity index (χ4n) is 1.90. The molecule has 0 spiro atoms. The zero-order valence-corrected chi connectivity index (χ0v) is 14.4. The van der Waals surface area contributed by atoms with Crippen LogP contribution in [-0.2, 0) is 9.59 Å². The Morgan fingerprint density at radius 3 is 2.57 bits per heavy atom. The van der Waals surface area contributed by atoms with Crippen molar-refractivity contribution in [2.45, 2.75) is 13.8 Å². The van der Waals surface area contributed by atoms with E-state index < -0.39 is 0 Å². The highest BCUT2D eigenvalue weighted by Gasteiger charge is 2.34. The van der Waals surface area contributed by atoms with E-state index in [0.29, 0.717) is 9.93 Å². The number of carbonyl (C=O) groups excluding carboxylic acids is 3. The number of hydrogen-bond donors (Lipinski definition) is 1. The second-order valence-electron chi connectivity index (χ2n) is 5.33. The van der Waals surface area contributed by atoms with Gasteiger partial charge in [-0.05, 0) is 35.5 Å². The van der Waals surface area contributed by atoms with Crippen LogP contribution >= 0.6 is 23.4 Å². The van der Waals surface area contributed by atoms with E-state index in [1.165, 1.54) is 0 Å². The lowest BCUT2D eigenvalue weighted by Gasteiger charge is -2.13. The van der Waals surface area contributed by atoms with Gasteiger partial charge in [0.05, 0.1) is 4.91 Å². The van der Waals surface area contributed by atoms with Gasteiger partial charge in [-0.15, -0.1) is 0 Å². The molecule has 5 nitrogen and oxygen atoms in total. The van der Waals surface area contributed by atoms with Crippen molar-refractivity contribution in [3.8, 4) is 0 Å². The molecule has 0 radical (unpaired) electrons. The fourth-order valence-corrected chi connectivity index (χ4v) is 2.89. The van der Waals surface area contributed by atoms with Crippen molar-refractivity contribution in [3.05, 3.63) is 39.8 Å². The number of benzene rings is 1. The molecule has 1 aliphatic rings. The van der Waals surface area contributed by atoms with Crippen molar-refractivity contribution in [2.24, 2.45) is 5.92 Å². The van der Waals surface area contributed by atoms with Crippen molar-refractivity contribution >= 4 is 46.5 Å². The summed E-state index contributed by atoms with van der Waals surface area (Å²) in [6, 6.07) is 7.00. The maximum atomic E-state index is 12.3. The Morgan fingerprint density at radius 1 is 1.30 bits per heavy atom. The summed E-state index contributed by atoms with van der Waals surface area (Å²) in [7, 11) is 0. The summed E-state index contributed by atoms with van der Waals surface area (Å²) in [6.07, 6.45) is 1.66. The fraction of sp³-hybridized carbons (Fsp3) is 0.312. The Balaban J connectivity index is 1.99. The summed E-state index contributed by atoms with van der Waals surface area (Å²) < 4.78 is 0. The van der Waals surface area contributed by atoms with Gasteiger partial charge in [0.1, 0.15) is 0 Å². The van der Waals surface area contributed by atoms with E-state index in [1.54, 1.807) is 44.2 Å². The first-order valence-electron chi connectivity index (χ1n) is 7.17. The molecule has 7 heteroatoms. The van der Waals surface area contributed by atoms with Crippen LogP contribution in [0.15, 0.2) is 29.2 Å². The van der Waals surface area contributed by atoms with E-state index in [-0.39, 0.29) is 36.1 Å². The highest BCUT2D eigenvalue weighted by molar-refractivity contribution is 8.18. The van der Waals surface area contributed by atoms with Gasteiger partial charge < -0.3 is 5.32 Å². The first-order valence-corrected chi connectivity index (χ1v) is 8.36. The number of halogens is 1. The smallest absolute Gasteiger partial charge is 0.293 e. The van der Waals surface area contributed by atoms with E-state index in [0.717, 1.165) is 22.2 Å². The second-order valence-corrected chi connectivity index (χ2v) is 6.76. The van der Waals surface area contributed by atoms with Crippen LogP contribution < -0.4 is 5.32 Å². The highest BCUT2D eigenvalue weighted by atomic mass is 35.5. The molecule has 1 aromatic rings. The third-order valence-electron chi connectivity index (χ3n) is 3.20. The lowest BCUT2D eigenvalue weighted by Crippen LogP contribution is -2.38. The standard InChI is InChI=1S/C16H17ClN2O3S/c1-10(2)14(20)18-7-8-19-15(21)13(23-16(19)22)9-11-3-5-12(17)6-4-11/h3-6,9-10H,7-8H2,1-2H3,(H,18,20)/b13-9-. The quantitative estimate of drug-likeness (QED) is 0.827. The molecule has 1 aliphatic heterocycles. The van der Waals surface area contributed by atoms with Crippen LogP contribution in [0.2, 0.25) is 5.02 Å². The molecule has 1 N–H and O–H groups in total. The number of nitrogens with one attached hydrogen (secondary N) is 1. The number of amides is 3. The summed E-state index contributed by atoms with van der Waals surface area (Å²) in [5, 5.41) is 2.97. The number of imide groups is 1. The van der Waals surface area contributed by atoms with E-state index in [9.17, 15) is 14.4 Å². The summed E-state index contributed by atoms with van der Waals surface area (Å²) in [4.78, 5) is 37.2. The SMILES string of the molecule is CC(C)C(=O)NCCN1C(=O)S/C(=C\c2ccc(Cl)cc2)C1=O. The Bertz CT molecular complexity index is 656. The maximum absolute atomic E-state index is 12.3. The summed E-state index contributed by atoms with van der Waals surface area (Å²) in [6.45, 7) is 3.99. The molecule has 122 valence electrons. The molecular formula is C16H17ClN2O3S. The van der Waals surface area contributed by atoms with Crippen LogP contribution in [0.5, 0.6) is 0 Å². The lowest BCUT2D eigenvalue weighted by atomic mass is 10.2. The highest BCUT2D eigenvalue weighted by Crippen LogP contribution is 2.32. The molecule has 0 bridgehead atoms. The van der Waals surface area contributed by atoms with Crippen molar-refractivity contribution in [1.29, 1.82) is 0 Å². The molecule has 3 amide bonds. The zero-order chi connectivity index (χ0) is 17.0. The monoisotopic (exact) mass is 352 g/mol. The second kappa shape index (κ2) is 7.66. The predicted octanol–water partition coefficient (Wildman–Crippen LogP) is 3.15. The number of thioether (sulfide) groups is 1. The van der Waals surface area contributed by atoms with Crippen LogP contribution in [0.25, 0.3) is 6.08 Å². The molecule has 0 saturated carbocycles. The van der Waals surface area contributed by atoms with Gasteiger partial charge in [0.2, 0.25) is 5.91 Å².